The van der Waals surface area contributed by atoms with Crippen molar-refractivity contribution in [2.24, 2.45) is 11.5 Å². The molecule has 0 aromatic carbocycles. The molecule has 0 amide bonds. The second-order valence-corrected chi connectivity index (χ2v) is 2.17. The fourth-order valence-electron chi connectivity index (χ4n) is 0.377. The van der Waals surface area contributed by atoms with Crippen molar-refractivity contribution in [1.82, 2.24) is 0 Å². The molecule has 0 atom stereocenters. The summed E-state index contributed by atoms with van der Waals surface area (Å²) in [6.07, 6.45) is -0.341. The second kappa shape index (κ2) is 15.0. The summed E-state index contributed by atoms with van der Waals surface area (Å²) in [6, 6.07) is 0. The first-order valence-corrected chi connectivity index (χ1v) is 3.84. The monoisotopic (exact) mass is 254 g/mol. The molecule has 0 aliphatic heterocycles. The van der Waals surface area contributed by atoms with E-state index in [1.165, 1.54) is 0 Å². The summed E-state index contributed by atoms with van der Waals surface area (Å²) < 4.78 is 0. The molecule has 0 saturated carbocycles. The molecule has 6 nitrogen and oxygen atoms in total. The number of hydrogen-bond acceptors (Lipinski definition) is 6. The van der Waals surface area contributed by atoms with Crippen LogP contribution in [0.3, 0.4) is 0 Å². The molecule has 0 radical (unpaired) electrons. The van der Waals surface area contributed by atoms with Crippen molar-refractivity contribution in [3.05, 3.63) is 0 Å². The van der Waals surface area contributed by atoms with Crippen LogP contribution in [0.1, 0.15) is 19.3 Å². The van der Waals surface area contributed by atoms with Crippen molar-refractivity contribution < 1.29 is 39.3 Å². The molecule has 14 heavy (non-hydrogen) atoms. The molecular formula is C7H14N2O4Zn. The van der Waals surface area contributed by atoms with Gasteiger partial charge >= 0.3 is 19.5 Å². The summed E-state index contributed by atoms with van der Waals surface area (Å²) in [5.41, 5.74) is 9.81. The fourth-order valence-corrected chi connectivity index (χ4v) is 0.377. The molecule has 0 bridgehead atoms. The number of carbonyl (C=O) groups is 2. The van der Waals surface area contributed by atoms with Gasteiger partial charge in [-0.2, -0.15) is 0 Å². The number of carboxylic acids is 2. The zero-order chi connectivity index (χ0) is 10.7. The Morgan fingerprint density at radius 1 is 0.929 bits per heavy atom. The molecule has 7 heteroatoms. The Kier molecular flexibility index (Phi) is 20.5. The molecule has 0 aromatic heterocycles. The number of nitrogens with two attached hydrogens (primary N) is 2. The van der Waals surface area contributed by atoms with Gasteiger partial charge in [-0.05, 0) is 19.3 Å². The Morgan fingerprint density at radius 3 is 1.36 bits per heavy atom. The Balaban J connectivity index is -0.000000209. The van der Waals surface area contributed by atoms with Crippen LogP contribution in [0.4, 0.5) is 0 Å². The third-order valence-electron chi connectivity index (χ3n) is 0.928. The maximum absolute atomic E-state index is 9.66. The molecule has 78 valence electrons. The van der Waals surface area contributed by atoms with Crippen molar-refractivity contribution in [3.8, 4) is 0 Å². The van der Waals surface area contributed by atoms with E-state index in [-0.39, 0.29) is 38.7 Å². The minimum absolute atomic E-state index is 0. The van der Waals surface area contributed by atoms with Gasteiger partial charge in [0.1, 0.15) is 0 Å². The van der Waals surface area contributed by atoms with E-state index < -0.39 is 11.9 Å². The van der Waals surface area contributed by atoms with Crippen molar-refractivity contribution >= 4 is 11.9 Å². The predicted octanol–water partition coefficient (Wildman–Crippen LogP) is -3.44. The molecule has 0 spiro atoms. The minimum Gasteiger partial charge on any atom is -0.550 e. The zero-order valence-electron chi connectivity index (χ0n) is 8.03. The van der Waals surface area contributed by atoms with E-state index in [1.807, 2.05) is 0 Å². The average Bonchev–Trinajstić information content (AvgIpc) is 2.03. The second-order valence-electron chi connectivity index (χ2n) is 2.17. The topological polar surface area (TPSA) is 132 Å². The maximum atomic E-state index is 9.66. The molecule has 0 aliphatic rings. The Hall–Kier alpha value is -0.517. The summed E-state index contributed by atoms with van der Waals surface area (Å²) in [6.45, 7) is 1.19. The van der Waals surface area contributed by atoms with Crippen LogP contribution in [-0.4, -0.2) is 25.0 Å². The molecule has 0 aliphatic carbocycles. The normalized spacial score (nSPS) is 7.86. The Labute approximate surface area is 95.4 Å². The third kappa shape index (κ3) is 30.0. The molecule has 0 fully saturated rings. The van der Waals surface area contributed by atoms with Gasteiger partial charge in [-0.15, -0.1) is 0 Å². The van der Waals surface area contributed by atoms with Crippen LogP contribution < -0.4 is 21.7 Å². The third-order valence-corrected chi connectivity index (χ3v) is 0.928. The van der Waals surface area contributed by atoms with E-state index in [9.17, 15) is 19.8 Å². The van der Waals surface area contributed by atoms with Gasteiger partial charge in [-0.25, -0.2) is 0 Å². The standard InChI is InChI=1S/C5H8O4.C2H8N2.Zn/c6-4(7)2-1-3-5(8)9;3-1-2-4;/h1-3H2,(H,6,7)(H,8,9);1-4H2;/q;;+2/p-2. The van der Waals surface area contributed by atoms with E-state index in [2.05, 4.69) is 0 Å². The molecule has 0 rings (SSSR count). The van der Waals surface area contributed by atoms with E-state index >= 15 is 0 Å². The predicted molar refractivity (Wildman–Crippen MR) is 42.0 cm³/mol. The van der Waals surface area contributed by atoms with Gasteiger partial charge in [0.2, 0.25) is 0 Å². The van der Waals surface area contributed by atoms with Crippen LogP contribution in [0.2, 0.25) is 0 Å². The van der Waals surface area contributed by atoms with Crippen molar-refractivity contribution in [2.45, 2.75) is 19.3 Å². The van der Waals surface area contributed by atoms with Crippen molar-refractivity contribution in [3.63, 3.8) is 0 Å². The number of rotatable bonds is 5. The smallest absolute Gasteiger partial charge is 0.550 e. The summed E-state index contributed by atoms with van der Waals surface area (Å²) in [5, 5.41) is 19.3. The number of hydrogen-bond donors (Lipinski definition) is 2. The number of aliphatic carboxylic acids is 2. The zero-order valence-corrected chi connectivity index (χ0v) is 11.0. The molecule has 0 aromatic rings. The van der Waals surface area contributed by atoms with E-state index in [0.29, 0.717) is 13.1 Å². The largest absolute Gasteiger partial charge is 2.00 e. The average molecular weight is 256 g/mol. The van der Waals surface area contributed by atoms with E-state index in [4.69, 9.17) is 11.5 Å². The van der Waals surface area contributed by atoms with Gasteiger partial charge in [-0.1, -0.05) is 0 Å². The number of carboxylic acid groups (broad SMARTS) is 2. The quantitative estimate of drug-likeness (QED) is 0.491. The van der Waals surface area contributed by atoms with Crippen molar-refractivity contribution in [2.75, 3.05) is 13.1 Å². The van der Waals surface area contributed by atoms with E-state index in [0.717, 1.165) is 0 Å². The fraction of sp³-hybridized carbons (Fsp3) is 0.714. The Morgan fingerprint density at radius 2 is 1.21 bits per heavy atom. The van der Waals surface area contributed by atoms with Crippen LogP contribution in [0.25, 0.3) is 0 Å². The first-order valence-electron chi connectivity index (χ1n) is 3.84. The summed E-state index contributed by atoms with van der Waals surface area (Å²) >= 11 is 0. The number of carbonyl (C=O) groups excluding carboxylic acids is 2. The van der Waals surface area contributed by atoms with Gasteiger partial charge in [-0.3, -0.25) is 0 Å². The maximum Gasteiger partial charge on any atom is 2.00 e. The van der Waals surface area contributed by atoms with Crippen LogP contribution in [-0.2, 0) is 29.1 Å². The van der Waals surface area contributed by atoms with Crippen LogP contribution >= 0.6 is 0 Å². The first kappa shape index (κ1) is 19.1. The van der Waals surface area contributed by atoms with Crippen molar-refractivity contribution in [1.29, 1.82) is 0 Å². The first-order chi connectivity index (χ1) is 6.04. The molecule has 0 saturated heterocycles. The molecular weight excluding hydrogens is 241 g/mol. The molecule has 0 heterocycles. The van der Waals surface area contributed by atoms with Gasteiger partial charge in [0.15, 0.2) is 0 Å². The van der Waals surface area contributed by atoms with Crippen LogP contribution in [0.15, 0.2) is 0 Å². The minimum atomic E-state index is -1.23. The van der Waals surface area contributed by atoms with Crippen LogP contribution in [0, 0.1) is 0 Å². The molecule has 4 N–H and O–H groups in total. The van der Waals surface area contributed by atoms with Gasteiger partial charge in [0, 0.05) is 25.0 Å². The summed E-state index contributed by atoms with van der Waals surface area (Å²) in [4.78, 5) is 19.3. The van der Waals surface area contributed by atoms with Gasteiger partial charge in [0.25, 0.3) is 0 Å². The van der Waals surface area contributed by atoms with Gasteiger partial charge < -0.3 is 31.3 Å². The SMILES string of the molecule is NCCN.O=C([O-])CCCC(=O)[O-].[Zn+2]. The summed E-state index contributed by atoms with van der Waals surface area (Å²) in [5.74, 6) is -2.45. The van der Waals surface area contributed by atoms with Gasteiger partial charge in [0.05, 0.1) is 0 Å². The van der Waals surface area contributed by atoms with Crippen LogP contribution in [0.5, 0.6) is 0 Å². The molecule has 0 unspecified atom stereocenters. The Bertz CT molecular complexity index is 139. The van der Waals surface area contributed by atoms with E-state index in [1.54, 1.807) is 0 Å². The summed E-state index contributed by atoms with van der Waals surface area (Å²) in [7, 11) is 0.